The number of hydrogen-bond acceptors (Lipinski definition) is 4. The molecule has 3 aliphatic rings. The van der Waals surface area contributed by atoms with Crippen molar-refractivity contribution in [2.75, 3.05) is 56.5 Å². The fraction of sp³-hybridized carbons (Fsp3) is 0.457. The van der Waals surface area contributed by atoms with Crippen LogP contribution in [0.1, 0.15) is 61.9 Å². The van der Waals surface area contributed by atoms with Crippen LogP contribution in [0.5, 0.6) is 0 Å². The zero-order valence-corrected chi connectivity index (χ0v) is 25.7. The van der Waals surface area contributed by atoms with E-state index in [9.17, 15) is 4.79 Å². The molecular formula is C35H45ClN4O. The number of rotatable bonds is 8. The number of allylic oxidation sites excluding steroid dienone is 4. The van der Waals surface area contributed by atoms with E-state index in [0.29, 0.717) is 17.1 Å². The molecule has 1 unspecified atom stereocenters. The van der Waals surface area contributed by atoms with Gasteiger partial charge in [0.05, 0.1) is 10.6 Å². The Kier molecular flexibility index (Phi) is 9.57. The van der Waals surface area contributed by atoms with Gasteiger partial charge in [-0.1, -0.05) is 67.4 Å². The number of carbonyl (C=O) groups is 1. The highest BCUT2D eigenvalue weighted by Crippen LogP contribution is 2.46. The third-order valence-electron chi connectivity index (χ3n) is 8.95. The predicted octanol–water partition coefficient (Wildman–Crippen LogP) is 7.56. The Morgan fingerprint density at radius 1 is 1.02 bits per heavy atom. The summed E-state index contributed by atoms with van der Waals surface area (Å²) in [5.41, 5.74) is 6.78. The first-order valence-electron chi connectivity index (χ1n) is 15.4. The Morgan fingerprint density at radius 2 is 1.83 bits per heavy atom. The zero-order valence-electron chi connectivity index (χ0n) is 25.0. The van der Waals surface area contributed by atoms with Gasteiger partial charge in [0.2, 0.25) is 0 Å². The minimum atomic E-state index is -0.0208. The van der Waals surface area contributed by atoms with E-state index in [1.807, 2.05) is 36.2 Å². The minimum Gasteiger partial charge on any atom is -0.388 e. The molecular weight excluding hydrogens is 528 g/mol. The Morgan fingerprint density at radius 3 is 2.56 bits per heavy atom. The molecule has 2 aliphatic heterocycles. The van der Waals surface area contributed by atoms with Crippen molar-refractivity contribution in [3.8, 4) is 0 Å². The lowest BCUT2D eigenvalue weighted by Crippen LogP contribution is -2.46. The highest BCUT2D eigenvalue weighted by atomic mass is 35.5. The van der Waals surface area contributed by atoms with Crippen LogP contribution in [0.4, 0.5) is 11.4 Å². The van der Waals surface area contributed by atoms with E-state index in [-0.39, 0.29) is 11.3 Å². The zero-order chi connectivity index (χ0) is 28.8. The van der Waals surface area contributed by atoms with Gasteiger partial charge in [-0.05, 0) is 79.8 Å². The molecule has 0 bridgehead atoms. The smallest absolute Gasteiger partial charge is 0.259 e. The minimum absolute atomic E-state index is 0.0208. The number of benzene rings is 2. The van der Waals surface area contributed by atoms with Crippen LogP contribution in [0.25, 0.3) is 0 Å². The Hall–Kier alpha value is -3.02. The van der Waals surface area contributed by atoms with Gasteiger partial charge in [0.1, 0.15) is 0 Å². The van der Waals surface area contributed by atoms with Gasteiger partial charge in [0.15, 0.2) is 0 Å². The lowest BCUT2D eigenvalue weighted by atomic mass is 9.79. The number of amides is 1. The van der Waals surface area contributed by atoms with Crippen molar-refractivity contribution >= 4 is 28.9 Å². The Labute approximate surface area is 251 Å². The molecule has 5 rings (SSSR count). The number of carbonyl (C=O) groups excluding carboxylic acids is 1. The van der Waals surface area contributed by atoms with Crippen LogP contribution in [-0.2, 0) is 6.42 Å². The number of anilines is 2. The second-order valence-electron chi connectivity index (χ2n) is 11.7. The van der Waals surface area contributed by atoms with Crippen LogP contribution in [0.3, 0.4) is 0 Å². The van der Waals surface area contributed by atoms with Gasteiger partial charge in [0, 0.05) is 63.4 Å². The van der Waals surface area contributed by atoms with E-state index >= 15 is 0 Å². The molecule has 6 heteroatoms. The monoisotopic (exact) mass is 572 g/mol. The van der Waals surface area contributed by atoms with Gasteiger partial charge >= 0.3 is 0 Å². The van der Waals surface area contributed by atoms with E-state index < -0.39 is 0 Å². The molecule has 1 fully saturated rings. The molecule has 0 saturated carbocycles. The molecule has 2 aromatic rings. The number of nitrogens with zero attached hydrogens (tertiary/aromatic N) is 3. The van der Waals surface area contributed by atoms with E-state index in [0.717, 1.165) is 82.6 Å². The second kappa shape index (κ2) is 13.3. The van der Waals surface area contributed by atoms with Crippen LogP contribution in [0, 0.1) is 5.41 Å². The molecule has 0 radical (unpaired) electrons. The number of hydrogen-bond donors (Lipinski definition) is 1. The summed E-state index contributed by atoms with van der Waals surface area (Å²) in [7, 11) is 1.86. The molecule has 2 aromatic carbocycles. The van der Waals surface area contributed by atoms with Crippen LogP contribution in [0.2, 0.25) is 5.02 Å². The van der Waals surface area contributed by atoms with Crippen LogP contribution < -0.4 is 10.2 Å². The molecule has 5 nitrogen and oxygen atoms in total. The maximum absolute atomic E-state index is 13.8. The fourth-order valence-corrected chi connectivity index (χ4v) is 6.96. The summed E-state index contributed by atoms with van der Waals surface area (Å²) in [6, 6.07) is 14.0. The van der Waals surface area contributed by atoms with E-state index in [1.54, 1.807) is 5.57 Å². The SMILES string of the molecule is CC/C=C\C(=C/CC)N1CCN(CC2=CC3(CC2)CCN(C(=O)c2ccc(NC)cc2Cl)c2ccccc2C3)CC1. The number of para-hydroxylation sites is 1. The van der Waals surface area contributed by atoms with Gasteiger partial charge in [-0.25, -0.2) is 0 Å². The maximum atomic E-state index is 13.8. The Balaban J connectivity index is 1.28. The van der Waals surface area contributed by atoms with Gasteiger partial charge in [0.25, 0.3) is 5.91 Å². The van der Waals surface area contributed by atoms with Gasteiger partial charge in [-0.15, -0.1) is 0 Å². The normalized spacial score (nSPS) is 21.8. The van der Waals surface area contributed by atoms with Crippen LogP contribution in [0.15, 0.2) is 78.0 Å². The van der Waals surface area contributed by atoms with Gasteiger partial charge in [-0.2, -0.15) is 0 Å². The molecule has 2 heterocycles. The van der Waals surface area contributed by atoms with E-state index in [2.05, 4.69) is 71.5 Å². The molecule has 1 atom stereocenters. The third kappa shape index (κ3) is 6.73. The number of halogens is 1. The van der Waals surface area contributed by atoms with Crippen LogP contribution >= 0.6 is 11.6 Å². The van der Waals surface area contributed by atoms with Crippen molar-refractivity contribution in [2.24, 2.45) is 5.41 Å². The molecule has 1 spiro atoms. The number of nitrogens with one attached hydrogen (secondary N) is 1. The first-order chi connectivity index (χ1) is 19.9. The predicted molar refractivity (Wildman–Crippen MR) is 173 cm³/mol. The van der Waals surface area contributed by atoms with Crippen LogP contribution in [-0.4, -0.2) is 62.0 Å². The average molecular weight is 573 g/mol. The van der Waals surface area contributed by atoms with Crippen molar-refractivity contribution in [3.05, 3.63) is 94.2 Å². The molecule has 41 heavy (non-hydrogen) atoms. The first kappa shape index (κ1) is 29.5. The largest absolute Gasteiger partial charge is 0.388 e. The van der Waals surface area contributed by atoms with Crippen molar-refractivity contribution in [3.63, 3.8) is 0 Å². The molecule has 0 aromatic heterocycles. The summed E-state index contributed by atoms with van der Waals surface area (Å²) in [6.45, 7) is 10.5. The fourth-order valence-electron chi connectivity index (χ4n) is 6.70. The standard InChI is InChI=1S/C35H45ClN4O/c1-4-6-11-30(9-5-2)39-21-19-38(20-22-39)26-27-15-16-35(24-27)17-18-40(33-12-8-7-10-28(33)25-35)34(41)31-14-13-29(37-3)23-32(31)36/h6-14,23-24,37H,4-5,15-22,25-26H2,1-3H3/b11-6-,30-9+. The summed E-state index contributed by atoms with van der Waals surface area (Å²) >= 11 is 6.58. The Bertz CT molecular complexity index is 1320. The topological polar surface area (TPSA) is 38.8 Å². The second-order valence-corrected chi connectivity index (χ2v) is 12.1. The highest BCUT2D eigenvalue weighted by molar-refractivity contribution is 6.34. The summed E-state index contributed by atoms with van der Waals surface area (Å²) in [6.07, 6.45) is 15.9. The molecule has 218 valence electrons. The average Bonchev–Trinajstić information content (AvgIpc) is 3.29. The summed E-state index contributed by atoms with van der Waals surface area (Å²) < 4.78 is 0. The summed E-state index contributed by atoms with van der Waals surface area (Å²) in [5, 5.41) is 3.58. The van der Waals surface area contributed by atoms with Gasteiger partial charge < -0.3 is 15.1 Å². The first-order valence-corrected chi connectivity index (χ1v) is 15.7. The van der Waals surface area contributed by atoms with Crippen molar-refractivity contribution in [1.82, 2.24) is 9.80 Å². The molecule has 1 aliphatic carbocycles. The molecule has 1 saturated heterocycles. The summed E-state index contributed by atoms with van der Waals surface area (Å²) in [4.78, 5) is 21.0. The third-order valence-corrected chi connectivity index (χ3v) is 9.26. The van der Waals surface area contributed by atoms with E-state index in [1.165, 1.54) is 11.3 Å². The van der Waals surface area contributed by atoms with Crippen molar-refractivity contribution < 1.29 is 4.79 Å². The maximum Gasteiger partial charge on any atom is 0.259 e. The number of piperazine rings is 1. The van der Waals surface area contributed by atoms with E-state index in [4.69, 9.17) is 11.6 Å². The molecule has 1 amide bonds. The molecule has 1 N–H and O–H groups in total. The van der Waals surface area contributed by atoms with Gasteiger partial charge in [-0.3, -0.25) is 9.69 Å². The highest BCUT2D eigenvalue weighted by Gasteiger charge is 2.38. The van der Waals surface area contributed by atoms with Crippen molar-refractivity contribution in [2.45, 2.75) is 52.4 Å². The lowest BCUT2D eigenvalue weighted by molar-refractivity contribution is 0.0985. The summed E-state index contributed by atoms with van der Waals surface area (Å²) in [5.74, 6) is -0.0208. The van der Waals surface area contributed by atoms with Crippen molar-refractivity contribution in [1.29, 1.82) is 0 Å². The number of fused-ring (bicyclic) bond motifs is 1. The quantitative estimate of drug-likeness (QED) is 0.262. The lowest BCUT2D eigenvalue weighted by Gasteiger charge is -2.37.